The quantitative estimate of drug-likeness (QED) is 0.0335. The third kappa shape index (κ3) is 21.3. The van der Waals surface area contributed by atoms with Gasteiger partial charge in [0.15, 0.2) is 23.9 Å². The Balaban J connectivity index is 1.18. The first-order valence-corrected chi connectivity index (χ1v) is 39.1. The van der Waals surface area contributed by atoms with Crippen molar-refractivity contribution in [1.29, 1.82) is 0 Å². The Labute approximate surface area is 682 Å². The highest BCUT2D eigenvalue weighted by Crippen LogP contribution is 2.49. The zero-order valence-electron chi connectivity index (χ0n) is 65.4. The van der Waals surface area contributed by atoms with E-state index in [4.69, 9.17) is 45.8 Å². The molecule has 2 fully saturated rings. The number of aliphatic hydroxyl groups is 6. The van der Waals surface area contributed by atoms with Gasteiger partial charge in [0.1, 0.15) is 102 Å². The summed E-state index contributed by atoms with van der Waals surface area (Å²) in [5.41, 5.74) is 1.56. The molecule has 3 unspecified atom stereocenters. The van der Waals surface area contributed by atoms with Crippen molar-refractivity contribution in [2.75, 3.05) is 20.2 Å². The zero-order chi connectivity index (χ0) is 85.9. The number of likely N-dealkylation sites (N-methyl/N-ethyl adjacent to an activating group) is 1. The lowest BCUT2D eigenvalue weighted by molar-refractivity contribution is -0.334. The lowest BCUT2D eigenvalue weighted by Gasteiger charge is -2.48. The fourth-order valence-electron chi connectivity index (χ4n) is 14.9. The zero-order valence-corrected chi connectivity index (χ0v) is 66.1. The number of aromatic hydroxyl groups is 3. The lowest BCUT2D eigenvalue weighted by atomic mass is 9.84. The topological polar surface area (TPSA) is 583 Å². The number of hydrogen-bond donors (Lipinski definition) is 21. The van der Waals surface area contributed by atoms with Crippen molar-refractivity contribution < 1.29 is 133 Å². The highest BCUT2D eigenvalue weighted by Gasteiger charge is 2.52. The molecule has 7 aliphatic rings. The molecule has 118 heavy (non-hydrogen) atoms. The van der Waals surface area contributed by atoms with E-state index in [9.17, 15) is 84.9 Å². The van der Waals surface area contributed by atoms with E-state index >= 15 is 19.2 Å². The number of carbonyl (C=O) groups is 10. The second kappa shape index (κ2) is 39.3. The summed E-state index contributed by atoms with van der Waals surface area (Å²) < 4.78 is 39.4. The molecule has 19 atom stereocenters. The Morgan fingerprint density at radius 3 is 1.97 bits per heavy atom. The summed E-state index contributed by atoms with van der Waals surface area (Å²) in [6.45, 7) is 8.65. The average Bonchev–Trinajstić information content (AvgIpc) is 0.766. The first kappa shape index (κ1) is 89.8. The normalized spacial score (nSPS) is 27.1. The number of fused-ring (bicyclic) bond motifs is 15. The fraction of sp³-hybridized carbons (Fsp3) is 0.500. The molecule has 38 heteroatoms. The van der Waals surface area contributed by atoms with Crippen molar-refractivity contribution >= 4 is 70.8 Å². The van der Waals surface area contributed by atoms with Crippen molar-refractivity contribution in [1.82, 2.24) is 47.9 Å². The smallest absolute Gasteiger partial charge is 0.326 e. The number of ether oxygens (including phenoxy) is 6. The van der Waals surface area contributed by atoms with Gasteiger partial charge in [-0.15, -0.1) is 0 Å². The fourth-order valence-corrected chi connectivity index (χ4v) is 15.1. The Morgan fingerprint density at radius 1 is 0.686 bits per heavy atom. The Bertz CT molecular complexity index is 4520. The lowest BCUT2D eigenvalue weighted by Crippen LogP contribution is -2.65. The van der Waals surface area contributed by atoms with Gasteiger partial charge in [-0.1, -0.05) is 102 Å². The van der Waals surface area contributed by atoms with Gasteiger partial charge in [-0.2, -0.15) is 0 Å². The molecule has 7 aliphatic heterocycles. The average molecular weight is 1670 g/mol. The number of nitrogens with two attached hydrogens (primary N) is 1. The van der Waals surface area contributed by atoms with Crippen LogP contribution in [0.15, 0.2) is 84.9 Å². The van der Waals surface area contributed by atoms with Crippen molar-refractivity contribution in [2.24, 2.45) is 11.7 Å². The van der Waals surface area contributed by atoms with Gasteiger partial charge in [0.05, 0.1) is 42.7 Å². The monoisotopic (exact) mass is 1670 g/mol. The predicted molar refractivity (Wildman–Crippen MR) is 415 cm³/mol. The summed E-state index contributed by atoms with van der Waals surface area (Å²) in [5, 5.41) is 149. The van der Waals surface area contributed by atoms with Crippen LogP contribution in [-0.4, -0.2) is 221 Å². The first-order chi connectivity index (χ1) is 56.0. The van der Waals surface area contributed by atoms with Gasteiger partial charge in [-0.25, -0.2) is 4.79 Å². The van der Waals surface area contributed by atoms with E-state index < -0.39 is 256 Å². The summed E-state index contributed by atoms with van der Waals surface area (Å²) in [6.07, 6.45) is -11.2. The number of phenols is 3. The Morgan fingerprint density at radius 2 is 1.33 bits per heavy atom. The second-order valence-electron chi connectivity index (χ2n) is 30.6. The summed E-state index contributed by atoms with van der Waals surface area (Å²) >= 11 is 7.15. The number of phenolic OH excluding ortho intramolecular Hbond substituents is 3. The number of primary amides is 1. The molecule has 0 aromatic heterocycles. The maximum absolute atomic E-state index is 16.3. The minimum Gasteiger partial charge on any atom is -0.508 e. The van der Waals surface area contributed by atoms with Crippen molar-refractivity contribution in [3.8, 4) is 57.1 Å². The van der Waals surface area contributed by atoms with Crippen LogP contribution < -0.4 is 67.8 Å². The number of nitrogens with one attached hydrogen (secondary N) is 9. The van der Waals surface area contributed by atoms with Crippen LogP contribution >= 0.6 is 11.6 Å². The number of unbranched alkanes of at least 4 members (excludes halogenated alkanes) is 7. The maximum atomic E-state index is 16.3. The predicted octanol–water partition coefficient (Wildman–Crippen LogP) is 2.18. The summed E-state index contributed by atoms with van der Waals surface area (Å²) in [7, 11) is 1.47. The number of carboxylic acids is 2. The van der Waals surface area contributed by atoms with Crippen LogP contribution in [-0.2, 0) is 62.2 Å². The molecule has 0 aliphatic carbocycles. The molecule has 0 spiro atoms. The molecule has 2 saturated heterocycles. The molecule has 7 heterocycles. The minimum absolute atomic E-state index is 0.0925. The highest BCUT2D eigenvalue weighted by atomic mass is 35.5. The molecular weight excluding hydrogens is 1570 g/mol. The van der Waals surface area contributed by atoms with E-state index in [0.29, 0.717) is 6.54 Å². The summed E-state index contributed by atoms with van der Waals surface area (Å²) in [6, 6.07) is -1.96. The third-order valence-electron chi connectivity index (χ3n) is 21.2. The molecule has 12 rings (SSSR count). The number of benzene rings is 5. The van der Waals surface area contributed by atoms with Gasteiger partial charge in [0, 0.05) is 29.2 Å². The van der Waals surface area contributed by atoms with Crippen LogP contribution in [0.5, 0.6) is 46.0 Å². The number of rotatable bonds is 27. The molecular formula is C80H101ClN10O27. The number of carboxylic acid groups (broad SMARTS) is 2. The molecule has 0 radical (unpaired) electrons. The molecule has 5 aromatic rings. The van der Waals surface area contributed by atoms with Crippen LogP contribution in [0, 0.1) is 5.92 Å². The van der Waals surface area contributed by atoms with Crippen LogP contribution in [0.1, 0.15) is 170 Å². The van der Waals surface area contributed by atoms with Crippen LogP contribution in [0.2, 0.25) is 5.02 Å². The number of carbonyl (C=O) groups excluding carboxylic acids is 8. The van der Waals surface area contributed by atoms with Crippen LogP contribution in [0.4, 0.5) is 0 Å². The van der Waals surface area contributed by atoms with E-state index in [1.807, 2.05) is 19.2 Å². The summed E-state index contributed by atoms with van der Waals surface area (Å²) in [5.74, 6) is -19.5. The molecule has 22 N–H and O–H groups in total. The molecule has 0 saturated carbocycles. The third-order valence-corrected chi connectivity index (χ3v) is 21.5. The largest absolute Gasteiger partial charge is 0.508 e. The first-order valence-electron chi connectivity index (χ1n) is 38.8. The molecule has 8 amide bonds. The van der Waals surface area contributed by atoms with Gasteiger partial charge in [0.2, 0.25) is 59.3 Å². The SMILES string of the molecule is CCCCCCCCCCN[C@@]1(C)C[C@H](O[C@H]2[C@H](Oc3c4cc5cc3Oc3ccc(cc3Cl)[C@@H](O)C(NC(=O)[C@H](CC(C)C)NC)C(=O)N[C@@H](CC(N)=O)C(=O)N[C@H]5C(=O)NC3C(=O)N[C@H](C(=O)N[C@H](C(=O)NC(CC(=O)O)C(=O)O)c5cc(O)cc(O)c5-c5cc3ccc5O)[C@H](O)c3ccc(cc3)O4)O[C@H](CO)[C@@H](O)[C@@H]2O)O[C@@H](C)[C@H]1O. The Hall–Kier alpha value is -10.6. The van der Waals surface area contributed by atoms with Crippen molar-refractivity contribution in [3.63, 3.8) is 0 Å². The maximum Gasteiger partial charge on any atom is 0.326 e. The Kier molecular flexibility index (Phi) is 29.9. The number of hydrogen-bond acceptors (Lipinski definition) is 27. The van der Waals surface area contributed by atoms with E-state index in [1.54, 1.807) is 13.8 Å². The standard InChI is InChI=1S/C80H101ClN10O27/c1-7-8-9-10-11-12-13-14-23-84-80(5)33-57(113-36(4)70(80)103)117-69-67(102)66(101)54(34-92)116-79(69)118-68-52-27-40-28-53(68)115-51-22-18-39(26-45(51)81)65(100)63(90-71(104)46(83-6)24-35(2)3)76(109)85-47(31-55(82)96)72(105)87-60(40)74(107)88-59-38-17-21-49(94)43(25-38)58-44(29-41(93)30-50(58)95)61(75(108)86-48(78(111)112)32-56(97)98)89-77(110)62(91-73(59)106)64(99)37-15-19-42(114-52)20-16-37/h15-22,25-30,35-36,46-48,54,57,59-67,69-70,79,83-84,92-95,99-103H,7-14,23-24,31-34H2,1-6H3,(H2,82,96)(H,85,109)(H,86,108)(H,87,105)(H,88,107)(H,89,110)(H,90,104)(H,91,106)(H,97,98)(H,111,112)/t36-,46-,47-,48?,54+,57-,59?,60+,61-,62-,63?,64+,65+,66+,67-,69+,70+,79-,80-/m0/s1. The summed E-state index contributed by atoms with van der Waals surface area (Å²) in [4.78, 5) is 144. The van der Waals surface area contributed by atoms with Gasteiger partial charge >= 0.3 is 11.9 Å². The van der Waals surface area contributed by atoms with Gasteiger partial charge in [0.25, 0.3) is 0 Å². The second-order valence-corrected chi connectivity index (χ2v) is 31.0. The van der Waals surface area contributed by atoms with E-state index in [1.165, 1.54) is 43.4 Å². The minimum atomic E-state index is -2.37. The van der Waals surface area contributed by atoms with Crippen LogP contribution in [0.25, 0.3) is 11.1 Å². The number of amides is 8. The molecule has 11 bridgehead atoms. The van der Waals surface area contributed by atoms with Crippen molar-refractivity contribution in [2.45, 2.75) is 227 Å². The highest BCUT2D eigenvalue weighted by molar-refractivity contribution is 6.32. The van der Waals surface area contributed by atoms with Crippen molar-refractivity contribution in [3.05, 3.63) is 118 Å². The number of aliphatic hydroxyl groups excluding tert-OH is 6. The number of halogens is 1. The van der Waals surface area contributed by atoms with E-state index in [-0.39, 0.29) is 46.4 Å². The van der Waals surface area contributed by atoms with E-state index in [2.05, 4.69) is 49.5 Å². The van der Waals surface area contributed by atoms with Gasteiger partial charge < -0.3 is 138 Å². The molecule has 640 valence electrons. The number of aliphatic carboxylic acids is 2. The van der Waals surface area contributed by atoms with Gasteiger partial charge in [-0.3, -0.25) is 43.2 Å². The molecule has 5 aromatic carbocycles. The molecule has 37 nitrogen and oxygen atoms in total. The van der Waals surface area contributed by atoms with E-state index in [0.717, 1.165) is 99.9 Å². The van der Waals surface area contributed by atoms with Crippen LogP contribution in [0.3, 0.4) is 0 Å². The van der Waals surface area contributed by atoms with Gasteiger partial charge in [-0.05, 0) is 129 Å².